The van der Waals surface area contributed by atoms with Gasteiger partial charge in [-0.3, -0.25) is 0 Å². The van der Waals surface area contributed by atoms with Crippen LogP contribution >= 0.6 is 0 Å². The minimum atomic E-state index is 0. The third-order valence-corrected chi connectivity index (χ3v) is 0. The van der Waals surface area contributed by atoms with Gasteiger partial charge in [0.15, 0.2) is 0 Å². The van der Waals surface area contributed by atoms with E-state index in [0.717, 1.165) is 0 Å². The Hall–Kier alpha value is 2.21. The molecule has 0 aromatic carbocycles. The normalized spacial score (nSPS) is 2.57. The van der Waals surface area contributed by atoms with Gasteiger partial charge in [-0.1, -0.05) is 0 Å². The molecule has 0 amide bonds. The summed E-state index contributed by atoms with van der Waals surface area (Å²) in [6.45, 7) is 1.93. The van der Waals surface area contributed by atoms with Crippen molar-refractivity contribution in [1.82, 2.24) is 0 Å². The third-order valence-electron chi connectivity index (χ3n) is 0. The molecule has 0 fully saturated rings. The molecule has 1 N–H and O–H groups in total. The Morgan fingerprint density at radius 2 is 1.14 bits per heavy atom. The Balaban J connectivity index is -0.00000000333. The van der Waals surface area contributed by atoms with Crippen LogP contribution in [0.25, 0.3) is 0 Å². The van der Waals surface area contributed by atoms with Crippen molar-refractivity contribution in [2.45, 2.75) is 6.92 Å². The topological polar surface area (TPSA) is 20.2 Å². The van der Waals surface area contributed by atoms with Crippen molar-refractivity contribution in [3.63, 3.8) is 0 Å². The SMILES string of the molecule is CCO.[Ce+3].[Cl-].[Cl-].[Cl-]. The molecule has 1 radical (unpaired) electrons. The number of hydrogen-bond donors (Lipinski definition) is 1. The number of halogens is 3. The van der Waals surface area contributed by atoms with Crippen molar-refractivity contribution in [3.05, 3.63) is 0 Å². The Morgan fingerprint density at radius 1 is 1.14 bits per heavy atom. The average molecular weight is 293 g/mol. The molecule has 5 heteroatoms. The summed E-state index contributed by atoms with van der Waals surface area (Å²) >= 11 is 0. The molecule has 0 aromatic heterocycles. The minimum absolute atomic E-state index is 0. The van der Waals surface area contributed by atoms with Crippen LogP contribution in [0, 0.1) is 41.7 Å². The number of aliphatic hydroxyl groups is 1. The summed E-state index contributed by atoms with van der Waals surface area (Å²) in [5, 5.41) is 7.57. The van der Waals surface area contributed by atoms with Gasteiger partial charge in [-0.05, 0) is 6.92 Å². The molecular weight excluding hydrogens is 286 g/mol. The van der Waals surface area contributed by atoms with Gasteiger partial charge in [-0.15, -0.1) is 0 Å². The quantitative estimate of drug-likeness (QED) is 0.470. The number of rotatable bonds is 0. The second kappa shape index (κ2) is 41.5. The maximum Gasteiger partial charge on any atom is 3.00 e. The fourth-order valence-electron chi connectivity index (χ4n) is 0. The van der Waals surface area contributed by atoms with E-state index < -0.39 is 0 Å². The van der Waals surface area contributed by atoms with Crippen LogP contribution in [0.1, 0.15) is 6.92 Å². The number of aliphatic hydroxyl groups excluding tert-OH is 1. The van der Waals surface area contributed by atoms with E-state index in [1.807, 2.05) is 0 Å². The molecule has 0 aliphatic rings. The van der Waals surface area contributed by atoms with Crippen LogP contribution < -0.4 is 37.2 Å². The van der Waals surface area contributed by atoms with E-state index >= 15 is 0 Å². The summed E-state index contributed by atoms with van der Waals surface area (Å²) in [5.41, 5.74) is 0. The molecule has 0 atom stereocenters. The van der Waals surface area contributed by atoms with E-state index in [0.29, 0.717) is 0 Å². The van der Waals surface area contributed by atoms with Crippen molar-refractivity contribution in [2.24, 2.45) is 0 Å². The molecule has 45 valence electrons. The molecule has 0 spiro atoms. The molecule has 1 nitrogen and oxygen atoms in total. The summed E-state index contributed by atoms with van der Waals surface area (Å²) in [6.07, 6.45) is 0. The van der Waals surface area contributed by atoms with Crippen LogP contribution in [-0.4, -0.2) is 11.7 Å². The van der Waals surface area contributed by atoms with E-state index in [2.05, 4.69) is 0 Å². The van der Waals surface area contributed by atoms with Crippen molar-refractivity contribution < 1.29 is 84.1 Å². The molecule has 0 unspecified atom stereocenters. The maximum atomic E-state index is 7.57. The van der Waals surface area contributed by atoms with Crippen molar-refractivity contribution >= 4 is 0 Å². The van der Waals surface area contributed by atoms with E-state index in [1.54, 1.807) is 6.92 Å². The fourth-order valence-corrected chi connectivity index (χ4v) is 0. The standard InChI is InChI=1S/C2H6O.Ce.3ClH/c1-2-3;;;;/h3H,2H2,1H3;;3*1H/q;+3;;;/p-3. The van der Waals surface area contributed by atoms with Gasteiger partial charge >= 0.3 is 41.7 Å². The van der Waals surface area contributed by atoms with Crippen molar-refractivity contribution in [1.29, 1.82) is 0 Å². The van der Waals surface area contributed by atoms with E-state index in [9.17, 15) is 0 Å². The minimum Gasteiger partial charge on any atom is -1.00 e. The smallest absolute Gasteiger partial charge is 1.00 e. The predicted molar refractivity (Wildman–Crippen MR) is 12.8 cm³/mol. The average Bonchev–Trinajstić information content (AvgIpc) is 0.918. The van der Waals surface area contributed by atoms with Crippen LogP contribution in [0.4, 0.5) is 0 Å². The van der Waals surface area contributed by atoms with Crippen LogP contribution in [-0.2, 0) is 0 Å². The third kappa shape index (κ3) is 64.9. The first-order valence-electron chi connectivity index (χ1n) is 1.02. The van der Waals surface area contributed by atoms with Gasteiger partial charge in [-0.2, -0.15) is 0 Å². The monoisotopic (exact) mass is 291 g/mol. The largest absolute Gasteiger partial charge is 3.00 e. The Morgan fingerprint density at radius 3 is 1.14 bits per heavy atom. The summed E-state index contributed by atoms with van der Waals surface area (Å²) in [5.74, 6) is 0. The molecule has 0 saturated carbocycles. The molecule has 7 heavy (non-hydrogen) atoms. The molecule has 0 heterocycles. The number of hydrogen-bond acceptors (Lipinski definition) is 1. The summed E-state index contributed by atoms with van der Waals surface area (Å²) < 4.78 is 0. The van der Waals surface area contributed by atoms with Gasteiger partial charge in [0, 0.05) is 6.61 Å². The Kier molecular flexibility index (Phi) is 207. The Labute approximate surface area is 96.2 Å². The van der Waals surface area contributed by atoms with Gasteiger partial charge in [0.05, 0.1) is 0 Å². The van der Waals surface area contributed by atoms with Crippen LogP contribution in [0.15, 0.2) is 0 Å². The van der Waals surface area contributed by atoms with Crippen LogP contribution in [0.5, 0.6) is 0 Å². The van der Waals surface area contributed by atoms with Crippen LogP contribution in [0.2, 0.25) is 0 Å². The molecule has 0 bridgehead atoms. The van der Waals surface area contributed by atoms with Crippen LogP contribution in [0.3, 0.4) is 0 Å². The fraction of sp³-hybridized carbons (Fsp3) is 1.00. The molecular formula is C2H6CeCl3O. The van der Waals surface area contributed by atoms with E-state index in [1.165, 1.54) is 0 Å². The van der Waals surface area contributed by atoms with E-state index in [-0.39, 0.29) is 85.6 Å². The van der Waals surface area contributed by atoms with Gasteiger partial charge in [0.2, 0.25) is 0 Å². The van der Waals surface area contributed by atoms with Gasteiger partial charge in [-0.25, -0.2) is 0 Å². The van der Waals surface area contributed by atoms with Gasteiger partial charge in [0.25, 0.3) is 0 Å². The first kappa shape index (κ1) is 35.0. The Bertz CT molecular complexity index is 12.9. The molecule has 0 aromatic rings. The first-order chi connectivity index (χ1) is 1.41. The van der Waals surface area contributed by atoms with Gasteiger partial charge < -0.3 is 42.3 Å². The first-order valence-corrected chi connectivity index (χ1v) is 1.02. The predicted octanol–water partition coefficient (Wildman–Crippen LogP) is -8.99. The van der Waals surface area contributed by atoms with Crippen molar-refractivity contribution in [2.75, 3.05) is 6.61 Å². The maximum absolute atomic E-state index is 7.57. The molecule has 0 aliphatic heterocycles. The summed E-state index contributed by atoms with van der Waals surface area (Å²) in [7, 11) is 0. The molecule has 0 rings (SSSR count). The van der Waals surface area contributed by atoms with Gasteiger partial charge in [0.1, 0.15) is 0 Å². The second-order valence-electron chi connectivity index (χ2n) is 0.316. The zero-order chi connectivity index (χ0) is 2.71. The summed E-state index contributed by atoms with van der Waals surface area (Å²) in [4.78, 5) is 0. The summed E-state index contributed by atoms with van der Waals surface area (Å²) in [6, 6.07) is 0. The zero-order valence-corrected chi connectivity index (χ0v) is 9.20. The van der Waals surface area contributed by atoms with Crippen molar-refractivity contribution in [3.8, 4) is 0 Å². The molecule has 0 saturated heterocycles. The second-order valence-corrected chi connectivity index (χ2v) is 0.316. The van der Waals surface area contributed by atoms with E-state index in [4.69, 9.17) is 5.11 Å². The zero-order valence-electron chi connectivity index (χ0n) is 3.79. The molecule has 0 aliphatic carbocycles.